The van der Waals surface area contributed by atoms with Gasteiger partial charge in [0.25, 0.3) is 0 Å². The minimum atomic E-state index is 0.369. The lowest BCUT2D eigenvalue weighted by Crippen LogP contribution is -2.36. The number of methoxy groups -OCH3 is 1. The third-order valence-electron chi connectivity index (χ3n) is 6.32. The lowest BCUT2D eigenvalue weighted by Gasteiger charge is -2.29. The fourth-order valence-electron chi connectivity index (χ4n) is 4.50. The number of nitrogens with two attached hydrogens (primary N) is 1. The molecule has 6 rings (SSSR count). The number of anilines is 2. The van der Waals surface area contributed by atoms with Crippen molar-refractivity contribution in [2.24, 2.45) is 7.05 Å². The van der Waals surface area contributed by atoms with E-state index < -0.39 is 0 Å². The Kier molecular flexibility index (Phi) is 4.84. The molecule has 0 amide bonds. The van der Waals surface area contributed by atoms with E-state index in [9.17, 15) is 0 Å². The SMILES string of the molecule is COc1cc(N2CCOCC2)ccc1-c1cn2cc(-c3ccc4c(c3)ncn4C)nc(N)c2n1. The zero-order valence-electron chi connectivity index (χ0n) is 19.1. The van der Waals surface area contributed by atoms with E-state index in [1.165, 1.54) is 0 Å². The van der Waals surface area contributed by atoms with Crippen LogP contribution in [0.4, 0.5) is 11.5 Å². The summed E-state index contributed by atoms with van der Waals surface area (Å²) in [5.74, 6) is 1.13. The first-order valence-electron chi connectivity index (χ1n) is 11.2. The minimum Gasteiger partial charge on any atom is -0.496 e. The Morgan fingerprint density at radius 3 is 2.65 bits per heavy atom. The predicted octanol–water partition coefficient (Wildman–Crippen LogP) is 3.38. The molecule has 2 N–H and O–H groups in total. The second-order valence-electron chi connectivity index (χ2n) is 8.41. The van der Waals surface area contributed by atoms with Crippen molar-refractivity contribution in [1.82, 2.24) is 23.9 Å². The highest BCUT2D eigenvalue weighted by Crippen LogP contribution is 2.34. The summed E-state index contributed by atoms with van der Waals surface area (Å²) in [6, 6.07) is 12.3. The molecule has 0 atom stereocenters. The highest BCUT2D eigenvalue weighted by molar-refractivity contribution is 5.82. The van der Waals surface area contributed by atoms with Crippen LogP contribution in [0, 0.1) is 0 Å². The van der Waals surface area contributed by atoms with E-state index in [4.69, 9.17) is 20.2 Å². The molecule has 0 radical (unpaired) electrons. The van der Waals surface area contributed by atoms with Gasteiger partial charge in [-0.2, -0.15) is 0 Å². The maximum atomic E-state index is 6.33. The molecule has 0 spiro atoms. The number of rotatable bonds is 4. The van der Waals surface area contributed by atoms with Gasteiger partial charge in [-0.3, -0.25) is 0 Å². The zero-order valence-corrected chi connectivity index (χ0v) is 19.1. The van der Waals surface area contributed by atoms with Crippen molar-refractivity contribution in [3.8, 4) is 28.3 Å². The minimum absolute atomic E-state index is 0.369. The number of imidazole rings is 2. The molecule has 9 nitrogen and oxygen atoms in total. The van der Waals surface area contributed by atoms with Gasteiger partial charge in [0.2, 0.25) is 0 Å². The first-order valence-corrected chi connectivity index (χ1v) is 11.2. The highest BCUT2D eigenvalue weighted by Gasteiger charge is 2.17. The van der Waals surface area contributed by atoms with Gasteiger partial charge in [-0.25, -0.2) is 15.0 Å². The van der Waals surface area contributed by atoms with Gasteiger partial charge in [0.15, 0.2) is 11.5 Å². The van der Waals surface area contributed by atoms with Crippen LogP contribution in [-0.4, -0.2) is 57.3 Å². The van der Waals surface area contributed by atoms with Crippen molar-refractivity contribution in [1.29, 1.82) is 0 Å². The van der Waals surface area contributed by atoms with E-state index in [2.05, 4.69) is 27.0 Å². The molecule has 1 aliphatic rings. The standard InChI is InChI=1S/C25H25N7O2/c1-30-15-27-19-11-16(3-6-22(19)30)20-13-32-14-21(29-25(32)24(26)28-20)18-5-4-17(12-23(18)33-2)31-7-9-34-10-8-31/h3-6,11-15H,7-10H2,1-2H3,(H2,26,28). The number of aromatic nitrogens is 5. The van der Waals surface area contributed by atoms with Crippen molar-refractivity contribution < 1.29 is 9.47 Å². The van der Waals surface area contributed by atoms with Gasteiger partial charge in [0.05, 0.1) is 49.1 Å². The number of morpholine rings is 1. The van der Waals surface area contributed by atoms with Crippen LogP contribution in [0.1, 0.15) is 0 Å². The topological polar surface area (TPSA) is 95.7 Å². The molecule has 9 heteroatoms. The molecular weight excluding hydrogens is 430 g/mol. The third kappa shape index (κ3) is 3.41. The van der Waals surface area contributed by atoms with Gasteiger partial charge in [-0.05, 0) is 24.3 Å². The fourth-order valence-corrected chi connectivity index (χ4v) is 4.50. The van der Waals surface area contributed by atoms with Crippen molar-refractivity contribution >= 4 is 28.2 Å². The quantitative estimate of drug-likeness (QED) is 0.444. The molecule has 1 fully saturated rings. The van der Waals surface area contributed by atoms with Crippen LogP contribution in [0.5, 0.6) is 5.75 Å². The molecule has 0 aliphatic carbocycles. The summed E-state index contributed by atoms with van der Waals surface area (Å²) >= 11 is 0. The van der Waals surface area contributed by atoms with Crippen molar-refractivity contribution in [2.45, 2.75) is 0 Å². The number of nitrogen functional groups attached to an aromatic ring is 1. The molecule has 0 unspecified atom stereocenters. The second kappa shape index (κ2) is 8.03. The summed E-state index contributed by atoms with van der Waals surface area (Å²) in [4.78, 5) is 16.1. The Morgan fingerprint density at radius 1 is 1.00 bits per heavy atom. The lowest BCUT2D eigenvalue weighted by molar-refractivity contribution is 0.122. The van der Waals surface area contributed by atoms with Gasteiger partial charge < -0.3 is 29.1 Å². The number of hydrogen-bond donors (Lipinski definition) is 1. The van der Waals surface area contributed by atoms with E-state index in [-0.39, 0.29) is 0 Å². The third-order valence-corrected chi connectivity index (χ3v) is 6.32. The molecule has 34 heavy (non-hydrogen) atoms. The summed E-state index contributed by atoms with van der Waals surface area (Å²) in [5, 5.41) is 0. The molecule has 3 aromatic heterocycles. The van der Waals surface area contributed by atoms with Crippen molar-refractivity contribution in [2.75, 3.05) is 44.0 Å². The number of hydrogen-bond acceptors (Lipinski definition) is 7. The number of nitrogens with zero attached hydrogens (tertiary/aromatic N) is 6. The summed E-state index contributed by atoms with van der Waals surface area (Å²) in [6.07, 6.45) is 5.71. The summed E-state index contributed by atoms with van der Waals surface area (Å²) in [7, 11) is 3.66. The van der Waals surface area contributed by atoms with E-state index in [1.807, 2.05) is 52.7 Å². The molecule has 5 aromatic rings. The van der Waals surface area contributed by atoms with Crippen LogP contribution in [0.2, 0.25) is 0 Å². The average molecular weight is 456 g/mol. The Labute approximate surface area is 196 Å². The van der Waals surface area contributed by atoms with Crippen LogP contribution in [0.3, 0.4) is 0 Å². The number of aryl methyl sites for hydroxylation is 1. The molecule has 0 saturated carbocycles. The van der Waals surface area contributed by atoms with Gasteiger partial charge >= 0.3 is 0 Å². The van der Waals surface area contributed by atoms with Crippen LogP contribution < -0.4 is 15.4 Å². The molecule has 1 saturated heterocycles. The molecule has 172 valence electrons. The Balaban J connectivity index is 1.39. The van der Waals surface area contributed by atoms with Crippen LogP contribution in [0.25, 0.3) is 39.2 Å². The Hall–Kier alpha value is -4.11. The van der Waals surface area contributed by atoms with E-state index in [1.54, 1.807) is 13.4 Å². The smallest absolute Gasteiger partial charge is 0.180 e. The van der Waals surface area contributed by atoms with Gasteiger partial charge in [0.1, 0.15) is 5.75 Å². The Bertz CT molecular complexity index is 1520. The Morgan fingerprint density at radius 2 is 1.82 bits per heavy atom. The van der Waals surface area contributed by atoms with Crippen LogP contribution in [-0.2, 0) is 11.8 Å². The van der Waals surface area contributed by atoms with Gasteiger partial charge in [-0.15, -0.1) is 0 Å². The van der Waals surface area contributed by atoms with Crippen LogP contribution in [0.15, 0.2) is 55.1 Å². The molecule has 4 heterocycles. The largest absolute Gasteiger partial charge is 0.496 e. The van der Waals surface area contributed by atoms with E-state index in [0.29, 0.717) is 11.5 Å². The van der Waals surface area contributed by atoms with Crippen molar-refractivity contribution in [3.05, 3.63) is 55.1 Å². The lowest BCUT2D eigenvalue weighted by atomic mass is 10.1. The molecule has 0 bridgehead atoms. The fraction of sp³-hybridized carbons (Fsp3) is 0.240. The summed E-state index contributed by atoms with van der Waals surface area (Å²) < 4.78 is 15.1. The molecule has 1 aliphatic heterocycles. The maximum Gasteiger partial charge on any atom is 0.180 e. The summed E-state index contributed by atoms with van der Waals surface area (Å²) in [5.41, 5.74) is 13.4. The first kappa shape index (κ1) is 20.5. The highest BCUT2D eigenvalue weighted by atomic mass is 16.5. The number of benzene rings is 2. The maximum absolute atomic E-state index is 6.33. The molecular formula is C25H25N7O2. The van der Waals surface area contributed by atoms with E-state index >= 15 is 0 Å². The van der Waals surface area contributed by atoms with Gasteiger partial charge in [-0.1, -0.05) is 6.07 Å². The number of fused-ring (bicyclic) bond motifs is 2. The van der Waals surface area contributed by atoms with E-state index in [0.717, 1.165) is 71.3 Å². The van der Waals surface area contributed by atoms with Gasteiger partial charge in [0, 0.05) is 55.4 Å². The zero-order chi connectivity index (χ0) is 23.2. The predicted molar refractivity (Wildman–Crippen MR) is 132 cm³/mol. The van der Waals surface area contributed by atoms with Crippen molar-refractivity contribution in [3.63, 3.8) is 0 Å². The normalized spacial score (nSPS) is 14.2. The second-order valence-corrected chi connectivity index (χ2v) is 8.41. The summed E-state index contributed by atoms with van der Waals surface area (Å²) in [6.45, 7) is 3.20. The number of ether oxygens (including phenoxy) is 2. The first-order chi connectivity index (χ1) is 16.6. The molecule has 2 aromatic carbocycles. The van der Waals surface area contributed by atoms with Crippen LogP contribution >= 0.6 is 0 Å². The monoisotopic (exact) mass is 455 g/mol. The average Bonchev–Trinajstić information content (AvgIpc) is 3.48.